The molecule has 31 heavy (non-hydrogen) atoms. The minimum absolute atomic E-state index is 0.0194. The third-order valence-electron chi connectivity index (χ3n) is 4.05. The predicted molar refractivity (Wildman–Crippen MR) is 114 cm³/mol. The Morgan fingerprint density at radius 2 is 1.55 bits per heavy atom. The summed E-state index contributed by atoms with van der Waals surface area (Å²) < 4.78 is 53.1. The maximum absolute atomic E-state index is 12.5. The number of nitrogens with two attached hydrogens (primary N) is 1. The number of sulfonamides is 1. The molecule has 2 aromatic rings. The van der Waals surface area contributed by atoms with E-state index in [4.69, 9.17) is 29.4 Å². The van der Waals surface area contributed by atoms with E-state index in [0.717, 1.165) is 0 Å². The fraction of sp³-hybridized carbons (Fsp3) is 0.250. The molecule has 0 unspecified atom stereocenters. The van der Waals surface area contributed by atoms with Gasteiger partial charge < -0.3 is 29.4 Å². The normalized spacial score (nSPS) is 11.1. The Morgan fingerprint density at radius 3 is 2.06 bits per heavy atom. The van der Waals surface area contributed by atoms with Crippen LogP contribution in [-0.4, -0.2) is 43.0 Å². The molecule has 0 saturated heterocycles. The number of carbonyl (C=O) groups is 1. The lowest BCUT2D eigenvalue weighted by atomic mass is 10.1. The van der Waals surface area contributed by atoms with E-state index in [0.29, 0.717) is 28.4 Å². The average Bonchev–Trinajstić information content (AvgIpc) is 2.72. The molecule has 0 spiro atoms. The van der Waals surface area contributed by atoms with Crippen molar-refractivity contribution in [3.05, 3.63) is 47.7 Å². The SMILES string of the molecule is COc1cc(OC)c(C=CNS(=O)(=O)Cc2ccc(OC)c(OC(N)=O)c2)c(OC)c1. The molecular formula is C20H24N2O8S. The molecule has 0 aliphatic rings. The molecule has 1 amide bonds. The van der Waals surface area contributed by atoms with Crippen molar-refractivity contribution in [1.29, 1.82) is 0 Å². The van der Waals surface area contributed by atoms with Crippen LogP contribution in [0.4, 0.5) is 4.79 Å². The van der Waals surface area contributed by atoms with Gasteiger partial charge in [-0.25, -0.2) is 13.2 Å². The Kier molecular flexibility index (Phi) is 7.97. The number of methoxy groups -OCH3 is 4. The minimum atomic E-state index is -3.78. The number of nitrogens with one attached hydrogen (secondary N) is 1. The van der Waals surface area contributed by atoms with Crippen LogP contribution in [0.5, 0.6) is 28.7 Å². The lowest BCUT2D eigenvalue weighted by Gasteiger charge is -2.13. The first-order valence-electron chi connectivity index (χ1n) is 8.83. The molecule has 2 aromatic carbocycles. The Labute approximate surface area is 180 Å². The number of carbonyl (C=O) groups excluding carboxylic acids is 1. The highest BCUT2D eigenvalue weighted by molar-refractivity contribution is 7.88. The first-order valence-corrected chi connectivity index (χ1v) is 10.5. The van der Waals surface area contributed by atoms with Crippen LogP contribution in [0.15, 0.2) is 36.5 Å². The zero-order valence-electron chi connectivity index (χ0n) is 17.5. The van der Waals surface area contributed by atoms with Crippen molar-refractivity contribution < 1.29 is 36.9 Å². The summed E-state index contributed by atoms with van der Waals surface area (Å²) in [6.45, 7) is 0. The molecule has 2 rings (SSSR count). The molecule has 0 bridgehead atoms. The summed E-state index contributed by atoms with van der Waals surface area (Å²) in [4.78, 5) is 11.0. The van der Waals surface area contributed by atoms with Gasteiger partial charge >= 0.3 is 6.09 Å². The van der Waals surface area contributed by atoms with Gasteiger partial charge in [0.05, 0.1) is 39.8 Å². The molecular weight excluding hydrogens is 428 g/mol. The van der Waals surface area contributed by atoms with Crippen molar-refractivity contribution in [3.63, 3.8) is 0 Å². The topological polar surface area (TPSA) is 135 Å². The summed E-state index contributed by atoms with van der Waals surface area (Å²) in [5, 5.41) is 0. The maximum atomic E-state index is 12.5. The van der Waals surface area contributed by atoms with Gasteiger partial charge in [-0.1, -0.05) is 6.07 Å². The van der Waals surface area contributed by atoms with Crippen molar-refractivity contribution in [1.82, 2.24) is 4.72 Å². The number of hydrogen-bond donors (Lipinski definition) is 2. The number of primary amides is 1. The van der Waals surface area contributed by atoms with Crippen molar-refractivity contribution in [2.75, 3.05) is 28.4 Å². The summed E-state index contributed by atoms with van der Waals surface area (Å²) in [6.07, 6.45) is 1.72. The molecule has 0 atom stereocenters. The van der Waals surface area contributed by atoms with E-state index >= 15 is 0 Å². The number of rotatable bonds is 10. The van der Waals surface area contributed by atoms with Gasteiger partial charge in [-0.3, -0.25) is 4.72 Å². The van der Waals surface area contributed by atoms with Crippen molar-refractivity contribution in [3.8, 4) is 28.7 Å². The third-order valence-corrected chi connectivity index (χ3v) is 5.25. The molecule has 10 nitrogen and oxygen atoms in total. The average molecular weight is 452 g/mol. The van der Waals surface area contributed by atoms with E-state index in [1.54, 1.807) is 12.1 Å². The van der Waals surface area contributed by atoms with Crippen LogP contribution < -0.4 is 34.1 Å². The zero-order chi connectivity index (χ0) is 23.0. The van der Waals surface area contributed by atoms with E-state index in [1.165, 1.54) is 58.9 Å². The molecule has 0 radical (unpaired) electrons. The van der Waals surface area contributed by atoms with E-state index in [9.17, 15) is 13.2 Å². The second-order valence-electron chi connectivity index (χ2n) is 6.06. The van der Waals surface area contributed by atoms with Gasteiger partial charge in [0, 0.05) is 18.3 Å². The minimum Gasteiger partial charge on any atom is -0.496 e. The van der Waals surface area contributed by atoms with Crippen molar-refractivity contribution >= 4 is 22.2 Å². The molecule has 0 saturated carbocycles. The van der Waals surface area contributed by atoms with E-state index in [1.807, 2.05) is 0 Å². The van der Waals surface area contributed by atoms with Gasteiger partial charge in [0.2, 0.25) is 10.0 Å². The highest BCUT2D eigenvalue weighted by Crippen LogP contribution is 2.35. The summed E-state index contributed by atoms with van der Waals surface area (Å²) in [6, 6.07) is 7.67. The molecule has 0 fully saturated rings. The molecule has 11 heteroatoms. The van der Waals surface area contributed by atoms with Crippen LogP contribution in [0.2, 0.25) is 0 Å². The largest absolute Gasteiger partial charge is 0.496 e. The molecule has 3 N–H and O–H groups in total. The first-order chi connectivity index (χ1) is 14.7. The molecule has 0 aliphatic carbocycles. The van der Waals surface area contributed by atoms with Crippen LogP contribution in [0.25, 0.3) is 6.08 Å². The summed E-state index contributed by atoms with van der Waals surface area (Å²) in [7, 11) is 2.07. The Balaban J connectivity index is 2.21. The van der Waals surface area contributed by atoms with Crippen LogP contribution in [0.3, 0.4) is 0 Å². The lowest BCUT2D eigenvalue weighted by Crippen LogP contribution is -2.20. The monoisotopic (exact) mass is 452 g/mol. The molecule has 0 heterocycles. The summed E-state index contributed by atoms with van der Waals surface area (Å²) >= 11 is 0. The first kappa shape index (κ1) is 23.7. The highest BCUT2D eigenvalue weighted by atomic mass is 32.2. The predicted octanol–water partition coefficient (Wildman–Crippen LogP) is 2.27. The Morgan fingerprint density at radius 1 is 0.935 bits per heavy atom. The maximum Gasteiger partial charge on any atom is 0.410 e. The van der Waals surface area contributed by atoms with E-state index in [-0.39, 0.29) is 17.3 Å². The highest BCUT2D eigenvalue weighted by Gasteiger charge is 2.15. The molecule has 168 valence electrons. The summed E-state index contributed by atoms with van der Waals surface area (Å²) in [5.74, 6) is 1.29. The second-order valence-corrected chi connectivity index (χ2v) is 7.82. The van der Waals surface area contributed by atoms with Crippen molar-refractivity contribution in [2.45, 2.75) is 5.75 Å². The zero-order valence-corrected chi connectivity index (χ0v) is 18.3. The molecule has 0 aliphatic heterocycles. The Hall–Kier alpha value is -3.60. The van der Waals surface area contributed by atoms with Crippen LogP contribution in [0, 0.1) is 0 Å². The van der Waals surface area contributed by atoms with Gasteiger partial charge in [-0.15, -0.1) is 0 Å². The summed E-state index contributed by atoms with van der Waals surface area (Å²) in [5.41, 5.74) is 5.91. The van der Waals surface area contributed by atoms with Crippen LogP contribution >= 0.6 is 0 Å². The fourth-order valence-corrected chi connectivity index (χ4v) is 3.66. The second kappa shape index (κ2) is 10.4. The van der Waals surface area contributed by atoms with Gasteiger partial charge in [-0.05, 0) is 23.8 Å². The smallest absolute Gasteiger partial charge is 0.410 e. The van der Waals surface area contributed by atoms with Gasteiger partial charge in [-0.2, -0.15) is 0 Å². The Bertz CT molecular complexity index is 1040. The quantitative estimate of drug-likeness (QED) is 0.560. The van der Waals surface area contributed by atoms with Crippen molar-refractivity contribution in [2.24, 2.45) is 5.73 Å². The fourth-order valence-electron chi connectivity index (χ4n) is 2.68. The number of benzene rings is 2. The molecule has 0 aromatic heterocycles. The van der Waals surface area contributed by atoms with Gasteiger partial charge in [0.15, 0.2) is 11.5 Å². The van der Waals surface area contributed by atoms with E-state index in [2.05, 4.69) is 4.72 Å². The number of ether oxygens (including phenoxy) is 5. The van der Waals surface area contributed by atoms with E-state index < -0.39 is 16.1 Å². The third kappa shape index (κ3) is 6.44. The van der Waals surface area contributed by atoms with Crippen LogP contribution in [0.1, 0.15) is 11.1 Å². The van der Waals surface area contributed by atoms with Crippen LogP contribution in [-0.2, 0) is 15.8 Å². The van der Waals surface area contributed by atoms with Gasteiger partial charge in [0.1, 0.15) is 17.2 Å². The standard InChI is InChI=1S/C20H24N2O8S/c1-26-14-10-17(28-3)15(18(11-14)29-4)7-8-22-31(24,25)12-13-5-6-16(27-2)19(9-13)30-20(21)23/h5-11,22H,12H2,1-4H3,(H2,21,23). The number of amides is 1. The van der Waals surface area contributed by atoms with Gasteiger partial charge in [0.25, 0.3) is 0 Å². The number of hydrogen-bond acceptors (Lipinski definition) is 8. The lowest BCUT2D eigenvalue weighted by molar-refractivity contribution is 0.208.